The zero-order valence-electron chi connectivity index (χ0n) is 9.94. The van der Waals surface area contributed by atoms with Gasteiger partial charge in [-0.1, -0.05) is 6.92 Å². The van der Waals surface area contributed by atoms with Gasteiger partial charge in [0, 0.05) is 19.4 Å². The number of Topliss-reactive ketones (excluding diaryl/α,β-unsaturated/α-hetero) is 1. The van der Waals surface area contributed by atoms with Crippen molar-refractivity contribution in [2.24, 2.45) is 13.0 Å². The van der Waals surface area contributed by atoms with Crippen molar-refractivity contribution < 1.29 is 9.53 Å². The molecule has 1 rings (SSSR count). The topological polar surface area (TPSA) is 67.9 Å². The third-order valence-corrected chi connectivity index (χ3v) is 2.45. The van der Waals surface area contributed by atoms with E-state index >= 15 is 0 Å². The molecule has 0 aliphatic carbocycles. The number of methoxy groups -OCH3 is 1. The Hall–Kier alpha value is -1.83. The predicted octanol–water partition coefficient (Wildman–Crippen LogP) is 1.47. The molecule has 0 spiro atoms. The van der Waals surface area contributed by atoms with Crippen LogP contribution in [0.5, 0.6) is 5.88 Å². The van der Waals surface area contributed by atoms with Gasteiger partial charge >= 0.3 is 0 Å². The summed E-state index contributed by atoms with van der Waals surface area (Å²) in [6.45, 7) is 3.49. The minimum atomic E-state index is -0.332. The number of ether oxygens (including phenoxy) is 1. The number of ketones is 1. The average Bonchev–Trinajstić information content (AvgIpc) is 2.52. The van der Waals surface area contributed by atoms with E-state index in [1.807, 2.05) is 6.07 Å². The van der Waals surface area contributed by atoms with E-state index < -0.39 is 0 Å². The molecule has 0 saturated carbocycles. The fourth-order valence-corrected chi connectivity index (χ4v) is 1.63. The van der Waals surface area contributed by atoms with Crippen molar-refractivity contribution in [2.75, 3.05) is 7.11 Å². The summed E-state index contributed by atoms with van der Waals surface area (Å²) < 4.78 is 6.67. The fraction of sp³-hybridized carbons (Fsp3) is 0.545. The van der Waals surface area contributed by atoms with Crippen molar-refractivity contribution in [1.29, 1.82) is 5.26 Å². The van der Waals surface area contributed by atoms with Crippen LogP contribution in [0.1, 0.15) is 29.4 Å². The lowest BCUT2D eigenvalue weighted by atomic mass is 9.97. The molecule has 16 heavy (non-hydrogen) atoms. The summed E-state index contributed by atoms with van der Waals surface area (Å²) in [5.41, 5.74) is 1.11. The number of carbonyl (C=O) groups is 1. The van der Waals surface area contributed by atoms with Crippen molar-refractivity contribution in [2.45, 2.75) is 20.3 Å². The second-order valence-electron chi connectivity index (χ2n) is 3.72. The number of carbonyl (C=O) groups excluding carboxylic acids is 1. The van der Waals surface area contributed by atoms with E-state index in [-0.39, 0.29) is 18.1 Å². The van der Waals surface area contributed by atoms with Crippen molar-refractivity contribution in [1.82, 2.24) is 9.78 Å². The van der Waals surface area contributed by atoms with Crippen LogP contribution in [0.15, 0.2) is 0 Å². The van der Waals surface area contributed by atoms with Gasteiger partial charge in [0.25, 0.3) is 0 Å². The molecule has 0 radical (unpaired) electrons. The van der Waals surface area contributed by atoms with Gasteiger partial charge < -0.3 is 4.74 Å². The van der Waals surface area contributed by atoms with E-state index in [4.69, 9.17) is 10.00 Å². The molecule has 1 heterocycles. The summed E-state index contributed by atoms with van der Waals surface area (Å²) in [6.07, 6.45) is 0.205. The zero-order chi connectivity index (χ0) is 12.3. The molecular weight excluding hydrogens is 206 g/mol. The molecule has 0 aromatic carbocycles. The maximum atomic E-state index is 12.1. The van der Waals surface area contributed by atoms with E-state index in [2.05, 4.69) is 5.10 Å². The first-order chi connectivity index (χ1) is 7.52. The molecular formula is C11H15N3O2. The van der Waals surface area contributed by atoms with Gasteiger partial charge in [-0.3, -0.25) is 4.79 Å². The van der Waals surface area contributed by atoms with E-state index in [1.165, 1.54) is 11.8 Å². The molecule has 5 nitrogen and oxygen atoms in total. The summed E-state index contributed by atoms with van der Waals surface area (Å²) in [4.78, 5) is 12.1. The third-order valence-electron chi connectivity index (χ3n) is 2.45. The molecule has 1 aromatic heterocycles. The Labute approximate surface area is 94.6 Å². The number of rotatable bonds is 4. The van der Waals surface area contributed by atoms with Gasteiger partial charge in [0.1, 0.15) is 5.56 Å². The molecule has 0 aliphatic rings. The molecule has 0 fully saturated rings. The molecule has 0 saturated heterocycles. The average molecular weight is 221 g/mol. The quantitative estimate of drug-likeness (QED) is 0.722. The second kappa shape index (κ2) is 4.79. The van der Waals surface area contributed by atoms with E-state index in [9.17, 15) is 4.79 Å². The van der Waals surface area contributed by atoms with Crippen molar-refractivity contribution in [3.63, 3.8) is 0 Å². The summed E-state index contributed by atoms with van der Waals surface area (Å²) in [7, 11) is 3.22. The van der Waals surface area contributed by atoms with Gasteiger partial charge in [-0.2, -0.15) is 10.4 Å². The van der Waals surface area contributed by atoms with Crippen LogP contribution in [-0.4, -0.2) is 22.7 Å². The highest BCUT2D eigenvalue weighted by molar-refractivity contribution is 6.00. The van der Waals surface area contributed by atoms with Crippen LogP contribution in [-0.2, 0) is 7.05 Å². The summed E-state index contributed by atoms with van der Waals surface area (Å²) >= 11 is 0. The van der Waals surface area contributed by atoms with E-state index in [0.29, 0.717) is 17.1 Å². The fourth-order valence-electron chi connectivity index (χ4n) is 1.63. The van der Waals surface area contributed by atoms with Gasteiger partial charge in [-0.05, 0) is 6.92 Å². The van der Waals surface area contributed by atoms with Gasteiger partial charge in [0.15, 0.2) is 5.78 Å². The number of nitrogens with zero attached hydrogens (tertiary/aromatic N) is 3. The largest absolute Gasteiger partial charge is 0.481 e. The summed E-state index contributed by atoms with van der Waals surface area (Å²) in [6, 6.07) is 1.99. The first kappa shape index (κ1) is 12.2. The number of aryl methyl sites for hydroxylation is 2. The van der Waals surface area contributed by atoms with E-state index in [0.717, 1.165) is 0 Å². The Morgan fingerprint density at radius 3 is 2.81 bits per heavy atom. The second-order valence-corrected chi connectivity index (χ2v) is 3.72. The molecule has 0 N–H and O–H groups in total. The smallest absolute Gasteiger partial charge is 0.222 e. The molecule has 0 amide bonds. The highest BCUT2D eigenvalue weighted by atomic mass is 16.5. The highest BCUT2D eigenvalue weighted by Crippen LogP contribution is 2.24. The summed E-state index contributed by atoms with van der Waals surface area (Å²) in [5, 5.41) is 12.7. The molecule has 1 unspecified atom stereocenters. The van der Waals surface area contributed by atoms with Crippen molar-refractivity contribution in [3.8, 4) is 11.9 Å². The van der Waals surface area contributed by atoms with E-state index in [1.54, 1.807) is 20.9 Å². The van der Waals surface area contributed by atoms with Crippen molar-refractivity contribution in [3.05, 3.63) is 11.3 Å². The van der Waals surface area contributed by atoms with Crippen LogP contribution in [0.25, 0.3) is 0 Å². The van der Waals surface area contributed by atoms with Gasteiger partial charge in [-0.25, -0.2) is 4.68 Å². The Balaban J connectivity index is 3.13. The number of hydrogen-bond acceptors (Lipinski definition) is 4. The summed E-state index contributed by atoms with van der Waals surface area (Å²) in [5.74, 6) is 0.0260. The molecule has 0 bridgehead atoms. The molecule has 1 aromatic rings. The Bertz CT molecular complexity index is 443. The first-order valence-corrected chi connectivity index (χ1v) is 5.01. The van der Waals surface area contributed by atoms with Gasteiger partial charge in [0.2, 0.25) is 5.88 Å². The lowest BCUT2D eigenvalue weighted by molar-refractivity contribution is 0.0928. The van der Waals surface area contributed by atoms with Crippen LogP contribution in [0.3, 0.4) is 0 Å². The predicted molar refractivity (Wildman–Crippen MR) is 58.2 cm³/mol. The monoisotopic (exact) mass is 221 g/mol. The highest BCUT2D eigenvalue weighted by Gasteiger charge is 2.25. The normalized spacial score (nSPS) is 11.9. The standard InChI is InChI=1S/C11H15N3O2/c1-7(5-6-12)10(15)9-8(2)13-14(3)11(9)16-4/h7H,5H2,1-4H3. The number of nitriles is 1. The first-order valence-electron chi connectivity index (χ1n) is 5.01. The molecule has 0 aliphatic heterocycles. The minimum absolute atomic E-state index is 0.0935. The van der Waals surface area contributed by atoms with Crippen LogP contribution in [0.2, 0.25) is 0 Å². The van der Waals surface area contributed by atoms with Crippen LogP contribution >= 0.6 is 0 Å². The molecule has 1 atom stereocenters. The van der Waals surface area contributed by atoms with Crippen molar-refractivity contribution >= 4 is 5.78 Å². The van der Waals surface area contributed by atoms with Crippen LogP contribution in [0.4, 0.5) is 0 Å². The van der Waals surface area contributed by atoms with Gasteiger partial charge in [0.05, 0.1) is 18.9 Å². The van der Waals surface area contributed by atoms with Gasteiger partial charge in [-0.15, -0.1) is 0 Å². The van der Waals surface area contributed by atoms with Crippen LogP contribution in [0, 0.1) is 24.2 Å². The zero-order valence-corrected chi connectivity index (χ0v) is 9.94. The number of aromatic nitrogens is 2. The Morgan fingerprint density at radius 2 is 2.31 bits per heavy atom. The molecule has 5 heteroatoms. The Morgan fingerprint density at radius 1 is 1.69 bits per heavy atom. The Kier molecular flexibility index (Phi) is 3.67. The maximum Gasteiger partial charge on any atom is 0.222 e. The maximum absolute atomic E-state index is 12.1. The number of hydrogen-bond donors (Lipinski definition) is 0. The lowest BCUT2D eigenvalue weighted by Crippen LogP contribution is -2.12. The molecule has 86 valence electrons. The third kappa shape index (κ3) is 2.06. The lowest BCUT2D eigenvalue weighted by Gasteiger charge is -2.07. The minimum Gasteiger partial charge on any atom is -0.481 e. The van der Waals surface area contributed by atoms with Crippen LogP contribution < -0.4 is 4.74 Å². The SMILES string of the molecule is COc1c(C(=O)C(C)CC#N)c(C)nn1C.